The molecule has 0 aliphatic carbocycles. The van der Waals surface area contributed by atoms with E-state index < -0.39 is 10.8 Å². The van der Waals surface area contributed by atoms with Crippen molar-refractivity contribution in [3.63, 3.8) is 0 Å². The summed E-state index contributed by atoms with van der Waals surface area (Å²) < 4.78 is 17.5. The average Bonchev–Trinajstić information content (AvgIpc) is 2.36. The number of ether oxygens (including phenoxy) is 1. The van der Waals surface area contributed by atoms with Crippen molar-refractivity contribution in [2.24, 2.45) is 0 Å². The van der Waals surface area contributed by atoms with Gasteiger partial charge in [-0.15, -0.1) is 0 Å². The fourth-order valence-corrected chi connectivity index (χ4v) is 3.20. The summed E-state index contributed by atoms with van der Waals surface area (Å²) in [4.78, 5) is 11.9. The zero-order valence-corrected chi connectivity index (χ0v) is 13.0. The molecule has 1 atom stereocenters. The van der Waals surface area contributed by atoms with Crippen molar-refractivity contribution in [3.8, 4) is 5.75 Å². The first kappa shape index (κ1) is 15.4. The summed E-state index contributed by atoms with van der Waals surface area (Å²) in [5, 5.41) is 0. The summed E-state index contributed by atoms with van der Waals surface area (Å²) in [7, 11) is 0.510. The zero-order valence-electron chi connectivity index (χ0n) is 10.6. The van der Waals surface area contributed by atoms with Gasteiger partial charge in [-0.3, -0.25) is 9.00 Å². The highest BCUT2D eigenvalue weighted by Gasteiger charge is 2.12. The number of methoxy groups -OCH3 is 1. The second-order valence-corrected chi connectivity index (χ2v) is 6.35. The van der Waals surface area contributed by atoms with Crippen molar-refractivity contribution in [2.45, 2.75) is 19.8 Å². The number of benzene rings is 1. The third kappa shape index (κ3) is 4.53. The molecule has 18 heavy (non-hydrogen) atoms. The van der Waals surface area contributed by atoms with Crippen LogP contribution in [0.25, 0.3) is 0 Å². The molecule has 0 fully saturated rings. The number of unbranched alkanes of at least 4 members (excludes halogenated alkanes) is 1. The molecule has 1 aromatic rings. The molecule has 0 N–H and O–H groups in total. The molecule has 100 valence electrons. The van der Waals surface area contributed by atoms with Crippen molar-refractivity contribution in [1.82, 2.24) is 0 Å². The molecule has 0 heterocycles. The molecule has 0 spiro atoms. The van der Waals surface area contributed by atoms with Gasteiger partial charge in [-0.25, -0.2) is 0 Å². The summed E-state index contributed by atoms with van der Waals surface area (Å²) in [6.45, 7) is 2.04. The van der Waals surface area contributed by atoms with Gasteiger partial charge in [0, 0.05) is 22.1 Å². The van der Waals surface area contributed by atoms with Crippen LogP contribution in [0.15, 0.2) is 22.7 Å². The van der Waals surface area contributed by atoms with E-state index in [0.29, 0.717) is 17.1 Å². The van der Waals surface area contributed by atoms with Gasteiger partial charge in [-0.1, -0.05) is 13.3 Å². The summed E-state index contributed by atoms with van der Waals surface area (Å²) in [5.41, 5.74) is 0.563. The second-order valence-electron chi connectivity index (χ2n) is 3.91. The Morgan fingerprint density at radius 1 is 1.44 bits per heavy atom. The number of carbonyl (C=O) groups is 1. The minimum absolute atomic E-state index is 0.0900. The van der Waals surface area contributed by atoms with Crippen molar-refractivity contribution < 1.29 is 13.7 Å². The SMILES string of the molecule is CCCCS(=O)CC(=O)c1ccc(OC)c(Br)c1. The van der Waals surface area contributed by atoms with E-state index in [1.165, 1.54) is 0 Å². The summed E-state index contributed by atoms with van der Waals surface area (Å²) in [6.07, 6.45) is 1.89. The van der Waals surface area contributed by atoms with Gasteiger partial charge in [0.25, 0.3) is 0 Å². The highest BCUT2D eigenvalue weighted by Crippen LogP contribution is 2.25. The molecule has 1 unspecified atom stereocenters. The standard InChI is InChI=1S/C13H17BrO3S/c1-3-4-7-18(16)9-12(15)10-5-6-13(17-2)11(14)8-10/h5-6,8H,3-4,7,9H2,1-2H3. The third-order valence-electron chi connectivity index (χ3n) is 2.49. The maximum absolute atomic E-state index is 11.9. The molecule has 0 amide bonds. The van der Waals surface area contributed by atoms with Gasteiger partial charge >= 0.3 is 0 Å². The Labute approximate surface area is 119 Å². The minimum atomic E-state index is -1.06. The van der Waals surface area contributed by atoms with Crippen LogP contribution in [-0.2, 0) is 10.8 Å². The fourth-order valence-electron chi connectivity index (χ4n) is 1.45. The lowest BCUT2D eigenvalue weighted by Gasteiger charge is -2.06. The second kappa shape index (κ2) is 7.69. The normalized spacial score (nSPS) is 12.2. The van der Waals surface area contributed by atoms with Crippen molar-refractivity contribution in [1.29, 1.82) is 0 Å². The summed E-state index contributed by atoms with van der Waals surface area (Å²) in [6, 6.07) is 5.13. The topological polar surface area (TPSA) is 43.4 Å². The number of carbonyl (C=O) groups excluding carboxylic acids is 1. The van der Waals surface area contributed by atoms with Crippen LogP contribution in [-0.4, -0.2) is 28.6 Å². The molecule has 1 rings (SSSR count). The van der Waals surface area contributed by atoms with E-state index in [-0.39, 0.29) is 11.5 Å². The maximum atomic E-state index is 11.9. The lowest BCUT2D eigenvalue weighted by molar-refractivity contribution is 0.102. The monoisotopic (exact) mass is 332 g/mol. The molecule has 1 aromatic carbocycles. The molecule has 0 radical (unpaired) electrons. The van der Waals surface area contributed by atoms with E-state index in [9.17, 15) is 9.00 Å². The number of rotatable bonds is 7. The van der Waals surface area contributed by atoms with E-state index in [0.717, 1.165) is 17.3 Å². The lowest BCUT2D eigenvalue weighted by atomic mass is 10.1. The Bertz CT molecular complexity index is 446. The molecule has 5 heteroatoms. The highest BCUT2D eigenvalue weighted by molar-refractivity contribution is 9.10. The van der Waals surface area contributed by atoms with E-state index in [1.807, 2.05) is 6.92 Å². The Morgan fingerprint density at radius 3 is 2.72 bits per heavy atom. The van der Waals surface area contributed by atoms with Gasteiger partial charge in [-0.05, 0) is 40.5 Å². The third-order valence-corrected chi connectivity index (χ3v) is 4.44. The van der Waals surface area contributed by atoms with E-state index >= 15 is 0 Å². The quantitative estimate of drug-likeness (QED) is 0.720. The van der Waals surface area contributed by atoms with Crippen LogP contribution < -0.4 is 4.74 Å². The maximum Gasteiger partial charge on any atom is 0.175 e. The predicted molar refractivity (Wildman–Crippen MR) is 77.8 cm³/mol. The Morgan fingerprint density at radius 2 is 2.17 bits per heavy atom. The van der Waals surface area contributed by atoms with Gasteiger partial charge in [0.05, 0.1) is 17.3 Å². The number of Topliss-reactive ketones (excluding diaryl/α,β-unsaturated/α-hetero) is 1. The lowest BCUT2D eigenvalue weighted by Crippen LogP contribution is -2.13. The first-order valence-electron chi connectivity index (χ1n) is 5.80. The van der Waals surface area contributed by atoms with Gasteiger partial charge in [0.2, 0.25) is 0 Å². The Hall–Kier alpha value is -0.680. The molecule has 0 aliphatic rings. The van der Waals surface area contributed by atoms with Crippen molar-refractivity contribution in [3.05, 3.63) is 28.2 Å². The fraction of sp³-hybridized carbons (Fsp3) is 0.462. The van der Waals surface area contributed by atoms with Gasteiger partial charge in [0.1, 0.15) is 5.75 Å². The number of halogens is 1. The number of hydrogen-bond acceptors (Lipinski definition) is 3. The van der Waals surface area contributed by atoms with Gasteiger partial charge < -0.3 is 4.74 Å². The molecular weight excluding hydrogens is 316 g/mol. The molecular formula is C13H17BrO3S. The van der Waals surface area contributed by atoms with Crippen LogP contribution in [0.1, 0.15) is 30.1 Å². The molecule has 0 saturated heterocycles. The largest absolute Gasteiger partial charge is 0.496 e. The van der Waals surface area contributed by atoms with Crippen LogP contribution in [0.5, 0.6) is 5.75 Å². The molecule has 0 saturated carbocycles. The average molecular weight is 333 g/mol. The van der Waals surface area contributed by atoms with Crippen LogP contribution in [0, 0.1) is 0 Å². The van der Waals surface area contributed by atoms with Gasteiger partial charge in [0.15, 0.2) is 5.78 Å². The van der Waals surface area contributed by atoms with E-state index in [4.69, 9.17) is 4.74 Å². The Kier molecular flexibility index (Phi) is 6.57. The van der Waals surface area contributed by atoms with Crippen LogP contribution in [0.3, 0.4) is 0 Å². The molecule has 0 bridgehead atoms. The number of hydrogen-bond donors (Lipinski definition) is 0. The first-order chi connectivity index (χ1) is 8.58. The van der Waals surface area contributed by atoms with Crippen molar-refractivity contribution in [2.75, 3.05) is 18.6 Å². The van der Waals surface area contributed by atoms with Crippen LogP contribution in [0.2, 0.25) is 0 Å². The summed E-state index contributed by atoms with van der Waals surface area (Å²) >= 11 is 3.33. The predicted octanol–water partition coefficient (Wildman–Crippen LogP) is 3.19. The first-order valence-corrected chi connectivity index (χ1v) is 8.08. The van der Waals surface area contributed by atoms with E-state index in [2.05, 4.69) is 15.9 Å². The molecule has 0 aromatic heterocycles. The minimum Gasteiger partial charge on any atom is -0.496 e. The highest BCUT2D eigenvalue weighted by atomic mass is 79.9. The zero-order chi connectivity index (χ0) is 13.5. The van der Waals surface area contributed by atoms with Crippen molar-refractivity contribution >= 4 is 32.5 Å². The van der Waals surface area contributed by atoms with E-state index in [1.54, 1.807) is 25.3 Å². The van der Waals surface area contributed by atoms with Crippen LogP contribution >= 0.6 is 15.9 Å². The van der Waals surface area contributed by atoms with Gasteiger partial charge in [-0.2, -0.15) is 0 Å². The smallest absolute Gasteiger partial charge is 0.175 e. The van der Waals surface area contributed by atoms with Crippen LogP contribution in [0.4, 0.5) is 0 Å². The Balaban J connectivity index is 2.67. The number of ketones is 1. The molecule has 3 nitrogen and oxygen atoms in total. The molecule has 0 aliphatic heterocycles. The summed E-state index contributed by atoms with van der Waals surface area (Å²) in [5.74, 6) is 1.28.